The van der Waals surface area contributed by atoms with Crippen molar-refractivity contribution >= 4 is 19.4 Å². The zero-order valence-electron chi connectivity index (χ0n) is 22.0. The molecule has 4 nitrogen and oxygen atoms in total. The van der Waals surface area contributed by atoms with Gasteiger partial charge in [0.2, 0.25) is 0 Å². The summed E-state index contributed by atoms with van der Waals surface area (Å²) in [6.07, 6.45) is 1.48. The SMILES string of the molecule is CN(C)c1ccc(C#CC(C#Cc2ccc(N(C)C)cc2)=C(C#C[Si](C)(C)C)C=C(C#N)C#N)cc1. The van der Waals surface area contributed by atoms with Crippen LogP contribution in [0.4, 0.5) is 11.4 Å². The normalized spacial score (nSPS) is 9.36. The Bertz CT molecular complexity index is 1330. The molecule has 0 amide bonds. The molecule has 0 fully saturated rings. The molecular weight excluding hydrogens is 456 g/mol. The minimum Gasteiger partial charge on any atom is -0.378 e. The van der Waals surface area contributed by atoms with Crippen LogP contribution in [-0.4, -0.2) is 36.3 Å². The van der Waals surface area contributed by atoms with Gasteiger partial charge in [-0.2, -0.15) is 10.5 Å². The molecule has 0 unspecified atom stereocenters. The van der Waals surface area contributed by atoms with Crippen molar-refractivity contribution in [3.05, 3.63) is 82.5 Å². The van der Waals surface area contributed by atoms with E-state index >= 15 is 0 Å². The molecule has 0 saturated heterocycles. The standard InChI is InChI=1S/C31H30N4Si/c1-34(2)30-16-10-25(11-17-30)8-14-28(15-9-26-12-18-31(19-13-26)35(3)4)29(20-21-36(5,6)7)22-27(23-32)24-33/h10-13,16-19,22H,1-7H3. The Kier molecular flexibility index (Phi) is 9.79. The molecular formula is C31H30N4Si. The van der Waals surface area contributed by atoms with Gasteiger partial charge in [-0.05, 0) is 54.6 Å². The first-order chi connectivity index (χ1) is 17.0. The molecule has 0 aliphatic heterocycles. The first-order valence-corrected chi connectivity index (χ1v) is 14.9. The number of rotatable bonds is 3. The lowest BCUT2D eigenvalue weighted by Gasteiger charge is -2.11. The molecule has 0 N–H and O–H groups in total. The Hall–Kier alpha value is -4.60. The fourth-order valence-corrected chi connectivity index (χ4v) is 3.29. The van der Waals surface area contributed by atoms with Gasteiger partial charge in [-0.15, -0.1) is 5.54 Å². The average molecular weight is 487 g/mol. The van der Waals surface area contributed by atoms with E-state index in [-0.39, 0.29) is 5.57 Å². The van der Waals surface area contributed by atoms with Gasteiger partial charge in [0.05, 0.1) is 11.1 Å². The number of hydrogen-bond acceptors (Lipinski definition) is 4. The molecule has 0 aromatic heterocycles. The van der Waals surface area contributed by atoms with Gasteiger partial charge in [0, 0.05) is 50.7 Å². The zero-order chi connectivity index (χ0) is 26.7. The molecule has 36 heavy (non-hydrogen) atoms. The molecule has 0 radical (unpaired) electrons. The maximum Gasteiger partial charge on any atom is 0.130 e. The summed E-state index contributed by atoms with van der Waals surface area (Å²) in [6, 6.07) is 19.6. The van der Waals surface area contributed by atoms with Crippen LogP contribution in [0, 0.1) is 57.8 Å². The van der Waals surface area contributed by atoms with Crippen molar-refractivity contribution in [1.82, 2.24) is 0 Å². The summed E-state index contributed by atoms with van der Waals surface area (Å²) in [5.74, 6) is 15.8. The van der Waals surface area contributed by atoms with E-state index in [1.165, 1.54) is 6.08 Å². The second kappa shape index (κ2) is 12.7. The number of nitrogens with zero attached hydrogens (tertiary/aromatic N) is 4. The first-order valence-electron chi connectivity index (χ1n) is 11.4. The van der Waals surface area contributed by atoms with E-state index in [2.05, 4.69) is 54.8 Å². The molecule has 0 aliphatic rings. The van der Waals surface area contributed by atoms with Crippen LogP contribution < -0.4 is 9.80 Å². The van der Waals surface area contributed by atoms with Crippen molar-refractivity contribution in [2.75, 3.05) is 38.0 Å². The maximum absolute atomic E-state index is 9.36. The lowest BCUT2D eigenvalue weighted by molar-refractivity contribution is 1.13. The molecule has 0 spiro atoms. The number of benzene rings is 2. The summed E-state index contributed by atoms with van der Waals surface area (Å²) in [7, 11) is 6.20. The van der Waals surface area contributed by atoms with E-state index in [0.29, 0.717) is 11.1 Å². The Morgan fingerprint density at radius 3 is 1.44 bits per heavy atom. The largest absolute Gasteiger partial charge is 0.378 e. The molecule has 2 aromatic rings. The van der Waals surface area contributed by atoms with Gasteiger partial charge in [-0.1, -0.05) is 49.2 Å². The van der Waals surface area contributed by atoms with Gasteiger partial charge in [-0.3, -0.25) is 0 Å². The number of nitriles is 2. The van der Waals surface area contributed by atoms with Crippen LogP contribution in [0.25, 0.3) is 0 Å². The molecule has 2 rings (SSSR count). The summed E-state index contributed by atoms with van der Waals surface area (Å²) in [4.78, 5) is 4.05. The minimum atomic E-state index is -1.74. The smallest absolute Gasteiger partial charge is 0.130 e. The van der Waals surface area contributed by atoms with E-state index < -0.39 is 8.07 Å². The van der Waals surface area contributed by atoms with E-state index in [0.717, 1.165) is 22.5 Å². The second-order valence-corrected chi connectivity index (χ2v) is 14.2. The van der Waals surface area contributed by atoms with Crippen LogP contribution >= 0.6 is 0 Å². The predicted octanol–water partition coefficient (Wildman–Crippen LogP) is 5.37. The number of allylic oxidation sites excluding steroid dienone is 4. The lowest BCUT2D eigenvalue weighted by atomic mass is 10.0. The van der Waals surface area contributed by atoms with Crippen LogP contribution in [0.3, 0.4) is 0 Å². The van der Waals surface area contributed by atoms with E-state index in [1.54, 1.807) is 0 Å². The third-order valence-electron chi connectivity index (χ3n) is 4.80. The van der Waals surface area contributed by atoms with Gasteiger partial charge in [-0.25, -0.2) is 0 Å². The van der Waals surface area contributed by atoms with E-state index in [4.69, 9.17) is 0 Å². The molecule has 0 saturated carbocycles. The van der Waals surface area contributed by atoms with Crippen LogP contribution in [0.2, 0.25) is 19.6 Å². The van der Waals surface area contributed by atoms with Crippen LogP contribution in [0.15, 0.2) is 71.3 Å². The molecule has 2 aromatic carbocycles. The monoisotopic (exact) mass is 486 g/mol. The Balaban J connectivity index is 2.71. The lowest BCUT2D eigenvalue weighted by Crippen LogP contribution is -2.16. The van der Waals surface area contributed by atoms with E-state index in [1.807, 2.05) is 98.7 Å². The van der Waals surface area contributed by atoms with Crippen molar-refractivity contribution < 1.29 is 0 Å². The molecule has 5 heteroatoms. The predicted molar refractivity (Wildman–Crippen MR) is 153 cm³/mol. The van der Waals surface area contributed by atoms with Crippen molar-refractivity contribution in [1.29, 1.82) is 10.5 Å². The summed E-state index contributed by atoms with van der Waals surface area (Å²) in [5.41, 5.74) is 8.04. The third-order valence-corrected chi connectivity index (χ3v) is 5.68. The first kappa shape index (κ1) is 27.6. The maximum atomic E-state index is 9.36. The van der Waals surface area contributed by atoms with Gasteiger partial charge in [0.25, 0.3) is 0 Å². The fraction of sp³-hybridized carbons (Fsp3) is 0.226. The quantitative estimate of drug-likeness (QED) is 0.253. The highest BCUT2D eigenvalue weighted by molar-refractivity contribution is 6.83. The zero-order valence-corrected chi connectivity index (χ0v) is 23.0. The van der Waals surface area contributed by atoms with Gasteiger partial charge in [0.15, 0.2) is 0 Å². The molecule has 0 heterocycles. The van der Waals surface area contributed by atoms with Crippen LogP contribution in [0.1, 0.15) is 11.1 Å². The highest BCUT2D eigenvalue weighted by atomic mass is 28.3. The number of hydrogen-bond donors (Lipinski definition) is 0. The second-order valence-electron chi connectivity index (χ2n) is 9.45. The average Bonchev–Trinajstić information content (AvgIpc) is 2.84. The molecule has 178 valence electrons. The summed E-state index contributed by atoms with van der Waals surface area (Å²) < 4.78 is 0. The van der Waals surface area contributed by atoms with Crippen molar-refractivity contribution in [3.8, 4) is 47.3 Å². The summed E-state index contributed by atoms with van der Waals surface area (Å²) in [6.45, 7) is 6.39. The Morgan fingerprint density at radius 1 is 0.694 bits per heavy atom. The summed E-state index contributed by atoms with van der Waals surface area (Å²) >= 11 is 0. The number of anilines is 2. The highest BCUT2D eigenvalue weighted by Gasteiger charge is 2.09. The van der Waals surface area contributed by atoms with Crippen LogP contribution in [0.5, 0.6) is 0 Å². The third kappa shape index (κ3) is 8.97. The Labute approximate surface area is 217 Å². The minimum absolute atomic E-state index is 0.0401. The van der Waals surface area contributed by atoms with Crippen LogP contribution in [-0.2, 0) is 0 Å². The molecule has 0 bridgehead atoms. The molecule has 0 atom stereocenters. The van der Waals surface area contributed by atoms with Gasteiger partial charge < -0.3 is 9.80 Å². The highest BCUT2D eigenvalue weighted by Crippen LogP contribution is 2.14. The summed E-state index contributed by atoms with van der Waals surface area (Å²) in [5, 5.41) is 18.7. The van der Waals surface area contributed by atoms with Crippen molar-refractivity contribution in [3.63, 3.8) is 0 Å². The fourth-order valence-electron chi connectivity index (χ4n) is 2.78. The Morgan fingerprint density at radius 2 is 1.11 bits per heavy atom. The van der Waals surface area contributed by atoms with Gasteiger partial charge in [0.1, 0.15) is 25.8 Å². The van der Waals surface area contributed by atoms with Gasteiger partial charge >= 0.3 is 0 Å². The van der Waals surface area contributed by atoms with E-state index in [9.17, 15) is 10.5 Å². The van der Waals surface area contributed by atoms with Crippen molar-refractivity contribution in [2.24, 2.45) is 0 Å². The molecule has 0 aliphatic carbocycles. The van der Waals surface area contributed by atoms with Crippen molar-refractivity contribution in [2.45, 2.75) is 19.6 Å². The topological polar surface area (TPSA) is 54.1 Å².